The Labute approximate surface area is 634 Å². The van der Waals surface area contributed by atoms with Crippen LogP contribution in [0.15, 0.2) is 297 Å². The highest BCUT2D eigenvalue weighted by Crippen LogP contribution is 2.42. The maximum Gasteiger partial charge on any atom is 0.143 e. The van der Waals surface area contributed by atoms with Crippen LogP contribution in [0.1, 0.15) is 184 Å². The summed E-state index contributed by atoms with van der Waals surface area (Å²) in [5.41, 5.74) is 20.0. The van der Waals surface area contributed by atoms with Gasteiger partial charge >= 0.3 is 0 Å². The normalized spacial score (nSPS) is 12.0. The van der Waals surface area contributed by atoms with Crippen LogP contribution in [0.4, 0.5) is 0 Å². The quantitative estimate of drug-likeness (QED) is 0.177. The van der Waals surface area contributed by atoms with Gasteiger partial charge in [-0.15, -0.1) is 11.3 Å². The second kappa shape index (κ2) is 32.4. The van der Waals surface area contributed by atoms with Crippen LogP contribution >= 0.6 is 22.7 Å². The third-order valence-corrected chi connectivity index (χ3v) is 20.7. The molecule has 542 valence electrons. The maximum atomic E-state index is 6.40. The monoisotopic (exact) mass is 1430 g/mol. The Balaban J connectivity index is 0.000000137. The lowest BCUT2D eigenvalue weighted by Gasteiger charge is -2.24. The van der Waals surface area contributed by atoms with Gasteiger partial charge in [-0.05, 0) is 143 Å². The molecule has 0 fully saturated rings. The molecule has 7 heterocycles. The highest BCUT2D eigenvalue weighted by Gasteiger charge is 2.26. The number of aromatic nitrogens is 2. The molecule has 0 N–H and O–H groups in total. The Morgan fingerprint density at radius 3 is 1.26 bits per heavy atom. The van der Waals surface area contributed by atoms with Crippen molar-refractivity contribution < 1.29 is 13.3 Å². The van der Waals surface area contributed by atoms with Gasteiger partial charge in [0.1, 0.15) is 16.9 Å². The molecule has 7 heteroatoms. The summed E-state index contributed by atoms with van der Waals surface area (Å²) < 4.78 is 21.4. The SMILES string of the molecule is CC(C)(C)c1cccc2c1oc1c(-c3ccccc3)cccc12.CC(C)(C)c1cccc2c3ccccc3n(-c3ccccc3)c12.CC(C)(C)c1ccccc1-n1c2ccccc2c2ccccc21.CC(C)(C)c1ccco1.CC(C)(C)c1cccs1.CC(C)(C)c1ccoc1.CC(C)(C)c1ccsc1. The lowest BCUT2D eigenvalue weighted by molar-refractivity contribution is 0.409. The van der Waals surface area contributed by atoms with E-state index in [1.165, 1.54) is 104 Å². The summed E-state index contributed by atoms with van der Waals surface area (Å²) in [7, 11) is 0. The molecule has 0 bridgehead atoms. The summed E-state index contributed by atoms with van der Waals surface area (Å²) >= 11 is 3.60. The molecule has 0 aliphatic carbocycles. The predicted octanol–water partition coefficient (Wildman–Crippen LogP) is 30.0. The summed E-state index contributed by atoms with van der Waals surface area (Å²) in [6.45, 7) is 46.7. The molecule has 0 spiro atoms. The van der Waals surface area contributed by atoms with Gasteiger partial charge in [-0.2, -0.15) is 11.3 Å². The van der Waals surface area contributed by atoms with Crippen LogP contribution in [0.5, 0.6) is 0 Å². The Morgan fingerprint density at radius 2 is 0.800 bits per heavy atom. The van der Waals surface area contributed by atoms with Crippen LogP contribution < -0.4 is 0 Å². The van der Waals surface area contributed by atoms with E-state index in [2.05, 4.69) is 395 Å². The Morgan fingerprint density at radius 1 is 0.314 bits per heavy atom. The fourth-order valence-corrected chi connectivity index (χ4v) is 14.7. The molecule has 0 amide bonds. The van der Waals surface area contributed by atoms with Crippen molar-refractivity contribution in [3.8, 4) is 22.5 Å². The number of hydrogen-bond acceptors (Lipinski definition) is 5. The van der Waals surface area contributed by atoms with Crippen molar-refractivity contribution in [1.29, 1.82) is 0 Å². The van der Waals surface area contributed by atoms with E-state index in [0.717, 1.165) is 22.5 Å². The lowest BCUT2D eigenvalue weighted by Crippen LogP contribution is -2.15. The number of thiophene rings is 2. The Kier molecular flexibility index (Phi) is 24.0. The van der Waals surface area contributed by atoms with Gasteiger partial charge in [0.25, 0.3) is 0 Å². The number of nitrogens with zero attached hydrogens (tertiary/aromatic N) is 2. The number of furan rings is 3. The first-order chi connectivity index (χ1) is 49.6. The van der Waals surface area contributed by atoms with Crippen molar-refractivity contribution in [2.75, 3.05) is 0 Å². The minimum atomic E-state index is 0.0558. The molecule has 0 aliphatic rings. The van der Waals surface area contributed by atoms with Gasteiger partial charge < -0.3 is 22.4 Å². The van der Waals surface area contributed by atoms with E-state index in [0.29, 0.717) is 10.8 Å². The van der Waals surface area contributed by atoms with E-state index >= 15 is 0 Å². The fourth-order valence-electron chi connectivity index (χ4n) is 13.0. The standard InChI is InChI=1S/2C22H21N.C22H20O.2C8H12O.2C8H12S/c1-22(2,3)18-12-6-9-15-21(18)23-19-13-7-4-10-16(19)17-11-5-8-14-20(17)23;1-22(2,3)19-14-9-13-18-17-12-7-8-15-20(17)23(21(18)19)16-10-5-4-6-11-16;1-22(2,3)19-14-8-13-18-17-12-7-11-16(20(17)23-21(18)19)15-9-5-4-6-10-15;1-8(2,3)7-4-5-9-6-7;1-8(2,3)7-5-4-6-9-7;1-8(2,3)7-4-5-9-6-7;1-8(2,3)7-5-4-6-9-7/h2*4-15H,1-3H3;4-14H,1-3H3;4*4-6H,1-3H3. The summed E-state index contributed by atoms with van der Waals surface area (Å²) in [5.74, 6) is 1.04. The summed E-state index contributed by atoms with van der Waals surface area (Å²) in [6.07, 6.45) is 5.21. The van der Waals surface area contributed by atoms with Crippen molar-refractivity contribution in [2.24, 2.45) is 0 Å². The van der Waals surface area contributed by atoms with E-state index < -0.39 is 0 Å². The Hall–Kier alpha value is -9.66. The van der Waals surface area contributed by atoms with Crippen molar-refractivity contribution in [1.82, 2.24) is 9.13 Å². The number of rotatable bonds is 3. The lowest BCUT2D eigenvalue weighted by atomic mass is 9.85. The second-order valence-electron chi connectivity index (χ2n) is 34.3. The van der Waals surface area contributed by atoms with Crippen molar-refractivity contribution in [3.05, 3.63) is 322 Å². The third kappa shape index (κ3) is 18.9. The molecule has 5 nitrogen and oxygen atoms in total. The number of benzene rings is 9. The molecule has 105 heavy (non-hydrogen) atoms. The molecule has 0 radical (unpaired) electrons. The molecule has 16 aromatic rings. The van der Waals surface area contributed by atoms with Crippen molar-refractivity contribution in [3.63, 3.8) is 0 Å². The highest BCUT2D eigenvalue weighted by atomic mass is 32.1. The van der Waals surface area contributed by atoms with Gasteiger partial charge in [0.2, 0.25) is 0 Å². The average Bonchev–Trinajstić information content (AvgIpc) is 1.60. The minimum Gasteiger partial charge on any atom is -0.472 e. The van der Waals surface area contributed by atoms with E-state index in [1.807, 2.05) is 35.6 Å². The molecular formula is C98H110N2O3S2. The zero-order valence-electron chi connectivity index (χ0n) is 66.1. The van der Waals surface area contributed by atoms with Gasteiger partial charge in [0.05, 0.1) is 40.9 Å². The largest absolute Gasteiger partial charge is 0.472 e. The molecule has 7 aromatic heterocycles. The highest BCUT2D eigenvalue weighted by molar-refractivity contribution is 7.10. The van der Waals surface area contributed by atoms with E-state index in [1.54, 1.807) is 30.1 Å². The number of fused-ring (bicyclic) bond motifs is 9. The first kappa shape index (κ1) is 77.9. The molecule has 9 aromatic carbocycles. The van der Waals surface area contributed by atoms with E-state index in [-0.39, 0.29) is 27.1 Å². The zero-order chi connectivity index (χ0) is 75.7. The fraction of sp³-hybridized carbons (Fsp3) is 0.286. The average molecular weight is 1430 g/mol. The molecular weight excluding hydrogens is 1320 g/mol. The van der Waals surface area contributed by atoms with Gasteiger partial charge in [0, 0.05) is 65.1 Å². The predicted molar refractivity (Wildman–Crippen MR) is 458 cm³/mol. The van der Waals surface area contributed by atoms with E-state index in [9.17, 15) is 0 Å². The zero-order valence-corrected chi connectivity index (χ0v) is 67.7. The summed E-state index contributed by atoms with van der Waals surface area (Å²) in [6, 6.07) is 87.8. The van der Waals surface area contributed by atoms with Gasteiger partial charge in [-0.3, -0.25) is 0 Å². The smallest absolute Gasteiger partial charge is 0.143 e. The molecule has 0 aliphatic heterocycles. The van der Waals surface area contributed by atoms with Gasteiger partial charge in [-0.1, -0.05) is 327 Å². The number of hydrogen-bond donors (Lipinski definition) is 0. The number of para-hydroxylation sites is 8. The van der Waals surface area contributed by atoms with Crippen LogP contribution in [-0.4, -0.2) is 9.13 Å². The van der Waals surface area contributed by atoms with Crippen molar-refractivity contribution in [2.45, 2.75) is 183 Å². The third-order valence-electron chi connectivity index (χ3n) is 18.8. The van der Waals surface area contributed by atoms with Gasteiger partial charge in [0.15, 0.2) is 0 Å². The molecule has 16 rings (SSSR count). The minimum absolute atomic E-state index is 0.0558. The Bertz CT molecular complexity index is 5120. The van der Waals surface area contributed by atoms with Crippen LogP contribution in [0.3, 0.4) is 0 Å². The van der Waals surface area contributed by atoms with Crippen LogP contribution in [0.25, 0.3) is 88.1 Å². The maximum absolute atomic E-state index is 6.40. The van der Waals surface area contributed by atoms with E-state index in [4.69, 9.17) is 13.3 Å². The van der Waals surface area contributed by atoms with Crippen LogP contribution in [0.2, 0.25) is 0 Å². The molecule has 0 atom stereocenters. The molecule has 0 unspecified atom stereocenters. The molecule has 0 saturated heterocycles. The second-order valence-corrected chi connectivity index (χ2v) is 36.1. The van der Waals surface area contributed by atoms with Crippen LogP contribution in [-0.2, 0) is 37.9 Å². The van der Waals surface area contributed by atoms with Crippen molar-refractivity contribution >= 4 is 88.2 Å². The first-order valence-corrected chi connectivity index (χ1v) is 38.7. The summed E-state index contributed by atoms with van der Waals surface area (Å²) in [4.78, 5) is 1.46. The topological polar surface area (TPSA) is 49.3 Å². The summed E-state index contributed by atoms with van der Waals surface area (Å²) in [5, 5.41) is 14.1. The molecule has 0 saturated carbocycles. The van der Waals surface area contributed by atoms with Crippen LogP contribution in [0, 0.1) is 0 Å². The van der Waals surface area contributed by atoms with Gasteiger partial charge in [-0.25, -0.2) is 0 Å². The first-order valence-electron chi connectivity index (χ1n) is 36.9.